The van der Waals surface area contributed by atoms with Crippen LogP contribution in [0.25, 0.3) is 0 Å². The Balaban J connectivity index is 1.87. The Morgan fingerprint density at radius 2 is 2.11 bits per heavy atom. The number of nitrogens with one attached hydrogen (secondary N) is 1. The Kier molecular flexibility index (Phi) is 6.11. The molecule has 1 aliphatic carbocycles. The molecule has 19 heavy (non-hydrogen) atoms. The van der Waals surface area contributed by atoms with Crippen molar-refractivity contribution < 1.29 is 4.74 Å². The van der Waals surface area contributed by atoms with Gasteiger partial charge in [-0.2, -0.15) is 0 Å². The molecule has 0 aromatic heterocycles. The normalized spacial score (nSPS) is 27.5. The quantitative estimate of drug-likeness (QED) is 0.768. The maximum absolute atomic E-state index is 6.08. The first-order chi connectivity index (χ1) is 9.20. The molecule has 1 saturated carbocycles. The minimum atomic E-state index is 0.392. The standard InChI is InChI=1S/C16H32N2O/c1-4-8-17-15(11-14-6-5-7-14)16-12-18(13(2)3)9-10-19-16/h13-17H,4-12H2,1-3H3. The number of hydrogen-bond donors (Lipinski definition) is 1. The summed E-state index contributed by atoms with van der Waals surface area (Å²) in [4.78, 5) is 2.57. The molecule has 1 aliphatic heterocycles. The van der Waals surface area contributed by atoms with Crippen LogP contribution in [0.4, 0.5) is 0 Å². The predicted octanol–water partition coefficient (Wildman–Crippen LogP) is 2.65. The van der Waals surface area contributed by atoms with Gasteiger partial charge in [0.25, 0.3) is 0 Å². The highest BCUT2D eigenvalue weighted by atomic mass is 16.5. The molecular formula is C16H32N2O. The fraction of sp³-hybridized carbons (Fsp3) is 1.00. The fourth-order valence-corrected chi connectivity index (χ4v) is 3.19. The van der Waals surface area contributed by atoms with Crippen molar-refractivity contribution in [3.05, 3.63) is 0 Å². The van der Waals surface area contributed by atoms with Crippen LogP contribution in [0.5, 0.6) is 0 Å². The number of ether oxygens (including phenoxy) is 1. The topological polar surface area (TPSA) is 24.5 Å². The van der Waals surface area contributed by atoms with Gasteiger partial charge in [-0.3, -0.25) is 4.90 Å². The zero-order valence-corrected chi connectivity index (χ0v) is 13.0. The summed E-state index contributed by atoms with van der Waals surface area (Å²) in [5, 5.41) is 3.75. The lowest BCUT2D eigenvalue weighted by Crippen LogP contribution is -2.54. The first-order valence-corrected chi connectivity index (χ1v) is 8.29. The van der Waals surface area contributed by atoms with E-state index < -0.39 is 0 Å². The predicted molar refractivity (Wildman–Crippen MR) is 80.5 cm³/mol. The number of rotatable bonds is 7. The van der Waals surface area contributed by atoms with Gasteiger partial charge in [-0.25, -0.2) is 0 Å². The Morgan fingerprint density at radius 1 is 1.32 bits per heavy atom. The van der Waals surface area contributed by atoms with Crippen LogP contribution in [0.1, 0.15) is 52.9 Å². The molecule has 2 unspecified atom stereocenters. The smallest absolute Gasteiger partial charge is 0.0855 e. The van der Waals surface area contributed by atoms with Crippen molar-refractivity contribution >= 4 is 0 Å². The highest BCUT2D eigenvalue weighted by Crippen LogP contribution is 2.32. The van der Waals surface area contributed by atoms with Gasteiger partial charge in [0.2, 0.25) is 0 Å². The molecule has 0 radical (unpaired) electrons. The van der Waals surface area contributed by atoms with E-state index in [-0.39, 0.29) is 0 Å². The van der Waals surface area contributed by atoms with Gasteiger partial charge in [0.1, 0.15) is 0 Å². The van der Waals surface area contributed by atoms with Crippen molar-refractivity contribution in [2.24, 2.45) is 5.92 Å². The van der Waals surface area contributed by atoms with E-state index in [4.69, 9.17) is 4.74 Å². The van der Waals surface area contributed by atoms with Crippen molar-refractivity contribution in [1.82, 2.24) is 10.2 Å². The van der Waals surface area contributed by atoms with Crippen molar-refractivity contribution in [2.45, 2.75) is 71.1 Å². The fourth-order valence-electron chi connectivity index (χ4n) is 3.19. The number of nitrogens with zero attached hydrogens (tertiary/aromatic N) is 1. The van der Waals surface area contributed by atoms with Gasteiger partial charge in [0.05, 0.1) is 12.7 Å². The molecule has 2 rings (SSSR count). The molecule has 0 aromatic rings. The lowest BCUT2D eigenvalue weighted by molar-refractivity contribution is -0.0602. The molecule has 0 spiro atoms. The average molecular weight is 268 g/mol. The molecule has 2 aliphatic rings. The molecular weight excluding hydrogens is 236 g/mol. The van der Waals surface area contributed by atoms with Crippen LogP contribution in [-0.4, -0.2) is 49.3 Å². The van der Waals surface area contributed by atoms with Crippen LogP contribution in [0.15, 0.2) is 0 Å². The van der Waals surface area contributed by atoms with E-state index in [0.717, 1.165) is 32.2 Å². The molecule has 0 bridgehead atoms. The Morgan fingerprint density at radius 3 is 2.68 bits per heavy atom. The van der Waals surface area contributed by atoms with Gasteiger partial charge < -0.3 is 10.1 Å². The summed E-state index contributed by atoms with van der Waals surface area (Å²) in [6.07, 6.45) is 7.23. The average Bonchev–Trinajstić information content (AvgIpc) is 2.37. The number of hydrogen-bond acceptors (Lipinski definition) is 3. The molecule has 112 valence electrons. The summed E-state index contributed by atoms with van der Waals surface area (Å²) in [6.45, 7) is 11.1. The van der Waals surface area contributed by atoms with Crippen molar-refractivity contribution in [1.29, 1.82) is 0 Å². The lowest BCUT2D eigenvalue weighted by Gasteiger charge is -2.41. The zero-order valence-electron chi connectivity index (χ0n) is 13.0. The first kappa shape index (κ1) is 15.3. The second-order valence-electron chi connectivity index (χ2n) is 6.59. The largest absolute Gasteiger partial charge is 0.374 e. The van der Waals surface area contributed by atoms with Crippen LogP contribution in [-0.2, 0) is 4.74 Å². The number of morpholine rings is 1. The first-order valence-electron chi connectivity index (χ1n) is 8.29. The Labute approximate surface area is 119 Å². The maximum Gasteiger partial charge on any atom is 0.0855 e. The van der Waals surface area contributed by atoms with E-state index in [1.165, 1.54) is 32.1 Å². The minimum absolute atomic E-state index is 0.392. The van der Waals surface area contributed by atoms with Crippen LogP contribution in [0.2, 0.25) is 0 Å². The molecule has 3 nitrogen and oxygen atoms in total. The Bertz CT molecular complexity index is 253. The van der Waals surface area contributed by atoms with Gasteiger partial charge in [-0.05, 0) is 39.2 Å². The van der Waals surface area contributed by atoms with Gasteiger partial charge in [-0.1, -0.05) is 26.2 Å². The third kappa shape index (κ3) is 4.44. The third-order valence-corrected chi connectivity index (χ3v) is 4.77. The van der Waals surface area contributed by atoms with Crippen LogP contribution in [0, 0.1) is 5.92 Å². The van der Waals surface area contributed by atoms with Crippen LogP contribution < -0.4 is 5.32 Å². The summed E-state index contributed by atoms with van der Waals surface area (Å²) < 4.78 is 6.08. The van der Waals surface area contributed by atoms with Crippen molar-refractivity contribution in [3.8, 4) is 0 Å². The second kappa shape index (κ2) is 7.61. The molecule has 0 aromatic carbocycles. The summed E-state index contributed by atoms with van der Waals surface area (Å²) in [6, 6.07) is 1.20. The Hall–Kier alpha value is -0.120. The molecule has 2 fully saturated rings. The SMILES string of the molecule is CCCNC(CC1CCC1)C1CN(C(C)C)CCO1. The monoisotopic (exact) mass is 268 g/mol. The van der Waals surface area contributed by atoms with E-state index >= 15 is 0 Å². The van der Waals surface area contributed by atoms with E-state index in [0.29, 0.717) is 18.2 Å². The lowest BCUT2D eigenvalue weighted by atomic mass is 9.79. The summed E-state index contributed by atoms with van der Waals surface area (Å²) >= 11 is 0. The molecule has 1 N–H and O–H groups in total. The summed E-state index contributed by atoms with van der Waals surface area (Å²) in [7, 11) is 0. The zero-order chi connectivity index (χ0) is 13.7. The molecule has 1 heterocycles. The van der Waals surface area contributed by atoms with Crippen molar-refractivity contribution in [2.75, 3.05) is 26.2 Å². The molecule has 0 amide bonds. The third-order valence-electron chi connectivity index (χ3n) is 4.77. The highest BCUT2D eigenvalue weighted by Gasteiger charge is 2.31. The van der Waals surface area contributed by atoms with Gasteiger partial charge in [0, 0.05) is 25.2 Å². The van der Waals surface area contributed by atoms with E-state index in [9.17, 15) is 0 Å². The second-order valence-corrected chi connectivity index (χ2v) is 6.59. The van der Waals surface area contributed by atoms with Crippen LogP contribution >= 0.6 is 0 Å². The minimum Gasteiger partial charge on any atom is -0.374 e. The molecule has 1 saturated heterocycles. The van der Waals surface area contributed by atoms with Crippen LogP contribution in [0.3, 0.4) is 0 Å². The molecule has 2 atom stereocenters. The van der Waals surface area contributed by atoms with E-state index in [2.05, 4.69) is 31.0 Å². The summed E-state index contributed by atoms with van der Waals surface area (Å²) in [5.74, 6) is 0.951. The highest BCUT2D eigenvalue weighted by molar-refractivity contribution is 4.87. The van der Waals surface area contributed by atoms with Gasteiger partial charge >= 0.3 is 0 Å². The molecule has 3 heteroatoms. The maximum atomic E-state index is 6.08. The van der Waals surface area contributed by atoms with Crippen molar-refractivity contribution in [3.63, 3.8) is 0 Å². The summed E-state index contributed by atoms with van der Waals surface area (Å²) in [5.41, 5.74) is 0. The van der Waals surface area contributed by atoms with E-state index in [1.54, 1.807) is 0 Å². The van der Waals surface area contributed by atoms with Gasteiger partial charge in [-0.15, -0.1) is 0 Å². The van der Waals surface area contributed by atoms with E-state index in [1.807, 2.05) is 0 Å². The van der Waals surface area contributed by atoms with Gasteiger partial charge in [0.15, 0.2) is 0 Å².